The second-order valence-electron chi connectivity index (χ2n) is 4.76. The fraction of sp³-hybridized carbons (Fsp3) is 0.200. The second-order valence-corrected chi connectivity index (χ2v) is 5.57. The van der Waals surface area contributed by atoms with Crippen molar-refractivity contribution in [3.05, 3.63) is 67.6 Å². The van der Waals surface area contributed by atoms with Gasteiger partial charge < -0.3 is 15.4 Å². The molecule has 1 aromatic heterocycles. The lowest BCUT2D eigenvalue weighted by Crippen LogP contribution is -2.29. The van der Waals surface area contributed by atoms with Gasteiger partial charge in [0.1, 0.15) is 0 Å². The molecule has 1 amide bonds. The third-order valence-corrected chi connectivity index (χ3v) is 3.82. The number of aromatic amines is 1. The molecule has 116 valence electrons. The maximum absolute atomic E-state index is 12.1. The molecule has 2 aromatic rings. The normalized spacial score (nSPS) is 12.0. The van der Waals surface area contributed by atoms with E-state index in [0.717, 1.165) is 0 Å². The highest BCUT2D eigenvalue weighted by Gasteiger charge is 2.17. The lowest BCUT2D eigenvalue weighted by atomic mass is 10.1. The standard InChI is InChI=1S/C15H14Cl2N2O3/c1-8-5-13(21)18-6-9(8)15(22)19-7-12(20)14-10(16)3-2-4-11(14)17/h2-6,12,20H,7H2,1H3,(H,18,21)(H,19,22)/t12-/m0/s1. The van der Waals surface area contributed by atoms with Crippen LogP contribution in [0.15, 0.2) is 35.3 Å². The lowest BCUT2D eigenvalue weighted by Gasteiger charge is -2.15. The van der Waals surface area contributed by atoms with Gasteiger partial charge in [0.15, 0.2) is 0 Å². The molecule has 7 heteroatoms. The molecule has 0 spiro atoms. The van der Waals surface area contributed by atoms with Gasteiger partial charge in [-0.15, -0.1) is 0 Å². The van der Waals surface area contributed by atoms with E-state index in [-0.39, 0.29) is 12.1 Å². The fourth-order valence-corrected chi connectivity index (χ4v) is 2.68. The van der Waals surface area contributed by atoms with E-state index in [0.29, 0.717) is 26.7 Å². The van der Waals surface area contributed by atoms with E-state index >= 15 is 0 Å². The first-order valence-corrected chi connectivity index (χ1v) is 7.25. The van der Waals surface area contributed by atoms with Crippen LogP contribution >= 0.6 is 23.2 Å². The molecule has 0 saturated carbocycles. The summed E-state index contributed by atoms with van der Waals surface area (Å²) in [5.41, 5.74) is 0.963. The summed E-state index contributed by atoms with van der Waals surface area (Å²) in [6, 6.07) is 6.22. The Morgan fingerprint density at radius 2 is 2.00 bits per heavy atom. The molecule has 2 rings (SSSR count). The number of amides is 1. The number of aromatic nitrogens is 1. The molecule has 0 fully saturated rings. The van der Waals surface area contributed by atoms with Gasteiger partial charge in [0, 0.05) is 34.4 Å². The zero-order valence-corrected chi connectivity index (χ0v) is 13.2. The molecule has 5 nitrogen and oxygen atoms in total. The van der Waals surface area contributed by atoms with Crippen molar-refractivity contribution >= 4 is 29.1 Å². The molecule has 1 aromatic carbocycles. The monoisotopic (exact) mass is 340 g/mol. The molecule has 0 radical (unpaired) electrons. The number of carbonyl (C=O) groups is 1. The molecule has 0 aliphatic rings. The zero-order chi connectivity index (χ0) is 16.3. The van der Waals surface area contributed by atoms with E-state index in [1.54, 1.807) is 25.1 Å². The summed E-state index contributed by atoms with van der Waals surface area (Å²) >= 11 is 12.0. The van der Waals surface area contributed by atoms with Crippen LogP contribution in [-0.4, -0.2) is 22.5 Å². The maximum atomic E-state index is 12.1. The van der Waals surface area contributed by atoms with E-state index in [4.69, 9.17) is 23.2 Å². The first-order chi connectivity index (χ1) is 10.4. The summed E-state index contributed by atoms with van der Waals surface area (Å²) in [7, 11) is 0. The van der Waals surface area contributed by atoms with Gasteiger partial charge in [0.2, 0.25) is 5.56 Å². The fourth-order valence-electron chi connectivity index (χ4n) is 2.03. The third-order valence-electron chi connectivity index (χ3n) is 3.16. The van der Waals surface area contributed by atoms with Crippen LogP contribution in [0.4, 0.5) is 0 Å². The number of H-pyrrole nitrogens is 1. The van der Waals surface area contributed by atoms with Crippen LogP contribution in [-0.2, 0) is 0 Å². The summed E-state index contributed by atoms with van der Waals surface area (Å²) in [5, 5.41) is 13.4. The Bertz CT molecular complexity index is 738. The molecular weight excluding hydrogens is 327 g/mol. The van der Waals surface area contributed by atoms with E-state index in [9.17, 15) is 14.7 Å². The quantitative estimate of drug-likeness (QED) is 0.799. The summed E-state index contributed by atoms with van der Waals surface area (Å²) < 4.78 is 0. The van der Waals surface area contributed by atoms with Gasteiger partial charge in [0.25, 0.3) is 5.91 Å². The Labute approximate surface area is 136 Å². The number of hydrogen-bond acceptors (Lipinski definition) is 3. The number of pyridine rings is 1. The smallest absolute Gasteiger partial charge is 0.253 e. The highest BCUT2D eigenvalue weighted by atomic mass is 35.5. The molecule has 0 saturated heterocycles. The number of benzene rings is 1. The van der Waals surface area contributed by atoms with Crippen LogP contribution in [0.5, 0.6) is 0 Å². The van der Waals surface area contributed by atoms with Crippen LogP contribution < -0.4 is 10.9 Å². The number of rotatable bonds is 4. The number of aliphatic hydroxyl groups is 1. The van der Waals surface area contributed by atoms with Crippen molar-refractivity contribution in [3.8, 4) is 0 Å². The van der Waals surface area contributed by atoms with Crippen molar-refractivity contribution in [2.24, 2.45) is 0 Å². The Morgan fingerprint density at radius 3 is 2.59 bits per heavy atom. The van der Waals surface area contributed by atoms with Gasteiger partial charge in [-0.25, -0.2) is 0 Å². The number of nitrogens with one attached hydrogen (secondary N) is 2. The number of hydrogen-bond donors (Lipinski definition) is 3. The molecule has 0 aliphatic heterocycles. The molecule has 0 bridgehead atoms. The zero-order valence-electron chi connectivity index (χ0n) is 11.7. The minimum absolute atomic E-state index is 0.0547. The van der Waals surface area contributed by atoms with Gasteiger partial charge in [-0.2, -0.15) is 0 Å². The predicted octanol–water partition coefficient (Wildman–Crippen LogP) is 2.45. The molecule has 22 heavy (non-hydrogen) atoms. The highest BCUT2D eigenvalue weighted by Crippen LogP contribution is 2.29. The molecule has 0 aliphatic carbocycles. The highest BCUT2D eigenvalue weighted by molar-refractivity contribution is 6.36. The van der Waals surface area contributed by atoms with Crippen LogP contribution in [0, 0.1) is 6.92 Å². The first kappa shape index (κ1) is 16.5. The van der Waals surface area contributed by atoms with Crippen LogP contribution in [0.1, 0.15) is 27.6 Å². The van der Waals surface area contributed by atoms with Gasteiger partial charge in [-0.05, 0) is 24.6 Å². The Balaban J connectivity index is 2.09. The van der Waals surface area contributed by atoms with E-state index in [2.05, 4.69) is 10.3 Å². The minimum atomic E-state index is -1.03. The molecule has 1 heterocycles. The minimum Gasteiger partial charge on any atom is -0.386 e. The summed E-state index contributed by atoms with van der Waals surface area (Å²) in [4.78, 5) is 25.6. The molecule has 0 unspecified atom stereocenters. The van der Waals surface area contributed by atoms with Gasteiger partial charge >= 0.3 is 0 Å². The average molecular weight is 341 g/mol. The predicted molar refractivity (Wildman–Crippen MR) is 85.6 cm³/mol. The van der Waals surface area contributed by atoms with Crippen molar-refractivity contribution in [2.75, 3.05) is 6.54 Å². The molecule has 3 N–H and O–H groups in total. The summed E-state index contributed by atoms with van der Waals surface area (Å²) in [6.45, 7) is 1.60. The van der Waals surface area contributed by atoms with Gasteiger partial charge in [0.05, 0.1) is 11.7 Å². The number of carbonyl (C=O) groups excluding carboxylic acids is 1. The lowest BCUT2D eigenvalue weighted by molar-refractivity contribution is 0.0915. The largest absolute Gasteiger partial charge is 0.386 e. The van der Waals surface area contributed by atoms with Crippen LogP contribution in [0.3, 0.4) is 0 Å². The molecule has 1 atom stereocenters. The molecular formula is C15H14Cl2N2O3. The summed E-state index contributed by atoms with van der Waals surface area (Å²) in [6.07, 6.45) is 0.301. The van der Waals surface area contributed by atoms with Gasteiger partial charge in [-0.1, -0.05) is 29.3 Å². The van der Waals surface area contributed by atoms with Crippen molar-refractivity contribution < 1.29 is 9.90 Å². The number of aliphatic hydroxyl groups excluding tert-OH is 1. The van der Waals surface area contributed by atoms with E-state index < -0.39 is 12.0 Å². The van der Waals surface area contributed by atoms with Crippen molar-refractivity contribution in [1.82, 2.24) is 10.3 Å². The third kappa shape index (κ3) is 3.68. The number of aryl methyl sites for hydroxylation is 1. The SMILES string of the molecule is Cc1cc(=O)[nH]cc1C(=O)NC[C@H](O)c1c(Cl)cccc1Cl. The average Bonchev–Trinajstić information content (AvgIpc) is 2.44. The maximum Gasteiger partial charge on any atom is 0.253 e. The van der Waals surface area contributed by atoms with E-state index in [1.165, 1.54) is 12.3 Å². The second kappa shape index (κ2) is 6.96. The van der Waals surface area contributed by atoms with Crippen LogP contribution in [0.25, 0.3) is 0 Å². The Hall–Kier alpha value is -1.82. The Morgan fingerprint density at radius 1 is 1.36 bits per heavy atom. The van der Waals surface area contributed by atoms with Gasteiger partial charge in [-0.3, -0.25) is 9.59 Å². The first-order valence-electron chi connectivity index (χ1n) is 6.49. The van der Waals surface area contributed by atoms with Crippen molar-refractivity contribution in [3.63, 3.8) is 0 Å². The topological polar surface area (TPSA) is 82.2 Å². The van der Waals surface area contributed by atoms with E-state index in [1.807, 2.05) is 0 Å². The number of halogens is 2. The Kier molecular flexibility index (Phi) is 5.24. The van der Waals surface area contributed by atoms with Crippen molar-refractivity contribution in [1.29, 1.82) is 0 Å². The van der Waals surface area contributed by atoms with Crippen molar-refractivity contribution in [2.45, 2.75) is 13.0 Å². The van der Waals surface area contributed by atoms with Crippen LogP contribution in [0.2, 0.25) is 10.0 Å². The summed E-state index contributed by atoms with van der Waals surface area (Å²) in [5.74, 6) is -0.407.